The SMILES string of the molecule is CCc1nn(CCN2CCOC2=O)c(=O)c(C#N)c1CC. The number of cyclic esters (lactones) is 1. The maximum Gasteiger partial charge on any atom is 0.410 e. The number of nitriles is 1. The van der Waals surface area contributed by atoms with Crippen LogP contribution in [0, 0.1) is 11.3 Å². The Kier molecular flexibility index (Phi) is 4.58. The van der Waals surface area contributed by atoms with Crippen LogP contribution in [0.1, 0.15) is 30.7 Å². The summed E-state index contributed by atoms with van der Waals surface area (Å²) in [5.41, 5.74) is 1.26. The summed E-state index contributed by atoms with van der Waals surface area (Å²) in [5, 5.41) is 13.6. The molecule has 1 aromatic rings. The van der Waals surface area contributed by atoms with Gasteiger partial charge in [-0.05, 0) is 18.4 Å². The number of ether oxygens (including phenoxy) is 1. The second kappa shape index (κ2) is 6.39. The van der Waals surface area contributed by atoms with Crippen LogP contribution in [0.2, 0.25) is 0 Å². The van der Waals surface area contributed by atoms with E-state index in [1.165, 1.54) is 9.58 Å². The van der Waals surface area contributed by atoms with Gasteiger partial charge < -0.3 is 9.64 Å². The van der Waals surface area contributed by atoms with Gasteiger partial charge in [-0.1, -0.05) is 13.8 Å². The fourth-order valence-electron chi connectivity index (χ4n) is 2.43. The average Bonchev–Trinajstić information content (AvgIpc) is 2.90. The van der Waals surface area contributed by atoms with Crippen molar-refractivity contribution in [3.63, 3.8) is 0 Å². The van der Waals surface area contributed by atoms with Crippen LogP contribution in [-0.2, 0) is 24.1 Å². The lowest BCUT2D eigenvalue weighted by Crippen LogP contribution is -2.35. The number of nitrogens with zero attached hydrogens (tertiary/aromatic N) is 4. The zero-order valence-corrected chi connectivity index (χ0v) is 12.3. The summed E-state index contributed by atoms with van der Waals surface area (Å²) in [5.74, 6) is 0. The summed E-state index contributed by atoms with van der Waals surface area (Å²) in [6, 6.07) is 1.99. The van der Waals surface area contributed by atoms with Crippen molar-refractivity contribution in [3.8, 4) is 6.07 Å². The first kappa shape index (κ1) is 15.0. The van der Waals surface area contributed by atoms with Crippen LogP contribution < -0.4 is 5.56 Å². The molecule has 7 heteroatoms. The molecule has 7 nitrogen and oxygen atoms in total. The van der Waals surface area contributed by atoms with Crippen LogP contribution in [-0.4, -0.2) is 40.5 Å². The summed E-state index contributed by atoms with van der Waals surface area (Å²) < 4.78 is 6.12. The van der Waals surface area contributed by atoms with Gasteiger partial charge in [0.1, 0.15) is 18.2 Å². The molecule has 0 unspecified atom stereocenters. The van der Waals surface area contributed by atoms with Gasteiger partial charge in [0.25, 0.3) is 5.56 Å². The van der Waals surface area contributed by atoms with E-state index in [4.69, 9.17) is 4.74 Å². The second-order valence-corrected chi connectivity index (χ2v) is 4.75. The highest BCUT2D eigenvalue weighted by atomic mass is 16.6. The van der Waals surface area contributed by atoms with E-state index in [0.717, 1.165) is 11.3 Å². The van der Waals surface area contributed by atoms with Crippen LogP contribution in [0.3, 0.4) is 0 Å². The minimum atomic E-state index is -0.390. The molecule has 1 aromatic heterocycles. The third-order valence-corrected chi connectivity index (χ3v) is 3.57. The monoisotopic (exact) mass is 290 g/mol. The number of amides is 1. The van der Waals surface area contributed by atoms with Gasteiger partial charge in [0.2, 0.25) is 0 Å². The molecule has 1 aliphatic rings. The van der Waals surface area contributed by atoms with Gasteiger partial charge >= 0.3 is 6.09 Å². The number of rotatable bonds is 5. The van der Waals surface area contributed by atoms with Crippen molar-refractivity contribution < 1.29 is 9.53 Å². The highest BCUT2D eigenvalue weighted by molar-refractivity contribution is 5.69. The predicted octanol–water partition coefficient (Wildman–Crippen LogP) is 0.692. The van der Waals surface area contributed by atoms with Gasteiger partial charge in [0, 0.05) is 6.54 Å². The Bertz CT molecular complexity index is 645. The molecule has 0 atom stereocenters. The molecule has 1 saturated heterocycles. The van der Waals surface area contributed by atoms with E-state index in [9.17, 15) is 14.9 Å². The minimum Gasteiger partial charge on any atom is -0.448 e. The van der Waals surface area contributed by atoms with Crippen molar-refractivity contribution >= 4 is 6.09 Å². The Balaban J connectivity index is 2.29. The Labute approximate surface area is 122 Å². The van der Waals surface area contributed by atoms with Crippen molar-refractivity contribution in [2.24, 2.45) is 0 Å². The number of carbonyl (C=O) groups is 1. The van der Waals surface area contributed by atoms with Crippen LogP contribution in [0.25, 0.3) is 0 Å². The fraction of sp³-hybridized carbons (Fsp3) is 0.571. The molecule has 2 heterocycles. The second-order valence-electron chi connectivity index (χ2n) is 4.75. The molecule has 0 bridgehead atoms. The number of carbonyl (C=O) groups excluding carboxylic acids is 1. The highest BCUT2D eigenvalue weighted by Gasteiger charge is 2.22. The number of aryl methyl sites for hydroxylation is 1. The topological polar surface area (TPSA) is 88.2 Å². The Morgan fingerprint density at radius 2 is 2.05 bits per heavy atom. The summed E-state index contributed by atoms with van der Waals surface area (Å²) in [7, 11) is 0. The number of hydrogen-bond acceptors (Lipinski definition) is 5. The Morgan fingerprint density at radius 3 is 2.57 bits per heavy atom. The van der Waals surface area contributed by atoms with Crippen LogP contribution in [0.15, 0.2) is 4.79 Å². The predicted molar refractivity (Wildman–Crippen MR) is 74.9 cm³/mol. The molecule has 0 aliphatic carbocycles. The van der Waals surface area contributed by atoms with E-state index in [1.807, 2.05) is 19.9 Å². The third-order valence-electron chi connectivity index (χ3n) is 3.57. The zero-order valence-electron chi connectivity index (χ0n) is 12.3. The lowest BCUT2D eigenvalue weighted by molar-refractivity contribution is 0.157. The Morgan fingerprint density at radius 1 is 1.29 bits per heavy atom. The van der Waals surface area contributed by atoms with E-state index in [2.05, 4.69) is 5.10 Å². The van der Waals surface area contributed by atoms with Gasteiger partial charge in [-0.15, -0.1) is 0 Å². The Hall–Kier alpha value is -2.36. The van der Waals surface area contributed by atoms with Crippen LogP contribution in [0.5, 0.6) is 0 Å². The molecular weight excluding hydrogens is 272 g/mol. The lowest BCUT2D eigenvalue weighted by Gasteiger charge is -2.15. The van der Waals surface area contributed by atoms with Crippen molar-refractivity contribution in [1.29, 1.82) is 5.26 Å². The molecule has 0 radical (unpaired) electrons. The van der Waals surface area contributed by atoms with E-state index in [1.54, 1.807) is 0 Å². The van der Waals surface area contributed by atoms with Crippen molar-refractivity contribution in [3.05, 3.63) is 27.2 Å². The molecule has 1 aliphatic heterocycles. The molecule has 112 valence electrons. The smallest absolute Gasteiger partial charge is 0.410 e. The van der Waals surface area contributed by atoms with Gasteiger partial charge in [-0.2, -0.15) is 10.4 Å². The maximum atomic E-state index is 12.3. The molecule has 1 fully saturated rings. The first-order valence-electron chi connectivity index (χ1n) is 7.07. The highest BCUT2D eigenvalue weighted by Crippen LogP contribution is 2.10. The van der Waals surface area contributed by atoms with Crippen LogP contribution >= 0.6 is 0 Å². The molecule has 2 rings (SSSR count). The molecule has 0 aromatic carbocycles. The van der Waals surface area contributed by atoms with Gasteiger partial charge in [0.05, 0.1) is 18.8 Å². The quantitative estimate of drug-likeness (QED) is 0.796. The zero-order chi connectivity index (χ0) is 15.4. The molecule has 0 spiro atoms. The molecule has 21 heavy (non-hydrogen) atoms. The average molecular weight is 290 g/mol. The largest absolute Gasteiger partial charge is 0.448 e. The summed E-state index contributed by atoms with van der Waals surface area (Å²) in [4.78, 5) is 25.2. The van der Waals surface area contributed by atoms with E-state index in [0.29, 0.717) is 32.5 Å². The first-order chi connectivity index (χ1) is 10.1. The summed E-state index contributed by atoms with van der Waals surface area (Å²) in [6.07, 6.45) is 0.891. The molecular formula is C14H18N4O3. The van der Waals surface area contributed by atoms with Crippen molar-refractivity contribution in [2.75, 3.05) is 19.7 Å². The summed E-state index contributed by atoms with van der Waals surface area (Å²) >= 11 is 0. The van der Waals surface area contributed by atoms with E-state index < -0.39 is 0 Å². The number of aromatic nitrogens is 2. The maximum absolute atomic E-state index is 12.3. The van der Waals surface area contributed by atoms with Gasteiger partial charge in [0.15, 0.2) is 0 Å². The molecule has 0 N–H and O–H groups in total. The van der Waals surface area contributed by atoms with E-state index >= 15 is 0 Å². The van der Waals surface area contributed by atoms with Crippen LogP contribution in [0.4, 0.5) is 4.79 Å². The van der Waals surface area contributed by atoms with Gasteiger partial charge in [-0.3, -0.25) is 4.79 Å². The van der Waals surface area contributed by atoms with Crippen molar-refractivity contribution in [2.45, 2.75) is 33.2 Å². The normalized spacial score (nSPS) is 14.1. The standard InChI is InChI=1S/C14H18N4O3/c1-3-10-11(9-15)13(19)18(16-12(10)4-2)6-5-17-7-8-21-14(17)20/h3-8H2,1-2H3. The molecule has 1 amide bonds. The third kappa shape index (κ3) is 2.89. The number of hydrogen-bond donors (Lipinski definition) is 0. The molecule has 0 saturated carbocycles. The van der Waals surface area contributed by atoms with E-state index in [-0.39, 0.29) is 23.8 Å². The first-order valence-corrected chi connectivity index (χ1v) is 7.07. The fourth-order valence-corrected chi connectivity index (χ4v) is 2.43. The summed E-state index contributed by atoms with van der Waals surface area (Å²) in [6.45, 7) is 5.35. The van der Waals surface area contributed by atoms with Crippen molar-refractivity contribution in [1.82, 2.24) is 14.7 Å². The lowest BCUT2D eigenvalue weighted by atomic mass is 10.0. The van der Waals surface area contributed by atoms with Gasteiger partial charge in [-0.25, -0.2) is 9.48 Å². The minimum absolute atomic E-state index is 0.161.